The Hall–Kier alpha value is -2.18. The van der Waals surface area contributed by atoms with E-state index in [4.69, 9.17) is 0 Å². The van der Waals surface area contributed by atoms with Crippen LogP contribution in [0.1, 0.15) is 25.7 Å². The lowest BCUT2D eigenvalue weighted by atomic mass is 9.95. The quantitative estimate of drug-likeness (QED) is 0.898. The second kappa shape index (κ2) is 7.15. The van der Waals surface area contributed by atoms with Crippen molar-refractivity contribution in [1.82, 2.24) is 4.90 Å². The normalized spacial score (nSPS) is 18.5. The standard InChI is InChI=1S/C17H20F2N2O3/c18-17(19)24-14-5-3-13(4-6-14)20-15(22)11-7-9-21(10-8-11)16(23)12-1-2-12/h3-6,11-12,17H,1-2,7-10H2,(H,20,22). The molecular weight excluding hydrogens is 318 g/mol. The first-order valence-corrected chi connectivity index (χ1v) is 8.17. The Morgan fingerprint density at radius 2 is 1.67 bits per heavy atom. The van der Waals surface area contributed by atoms with Gasteiger partial charge in [0.1, 0.15) is 5.75 Å². The van der Waals surface area contributed by atoms with Crippen molar-refractivity contribution in [2.24, 2.45) is 11.8 Å². The van der Waals surface area contributed by atoms with Crippen molar-refractivity contribution in [3.05, 3.63) is 24.3 Å². The number of halogens is 2. The maximum atomic E-state index is 12.3. The summed E-state index contributed by atoms with van der Waals surface area (Å²) >= 11 is 0. The molecule has 1 aliphatic heterocycles. The highest BCUT2D eigenvalue weighted by Crippen LogP contribution is 2.32. The molecule has 1 aromatic rings. The number of hydrogen-bond donors (Lipinski definition) is 1. The van der Waals surface area contributed by atoms with Crippen LogP contribution in [0.2, 0.25) is 0 Å². The molecule has 3 rings (SSSR count). The summed E-state index contributed by atoms with van der Waals surface area (Å²) in [6.45, 7) is -1.63. The number of alkyl halides is 2. The largest absolute Gasteiger partial charge is 0.435 e. The molecule has 0 aromatic heterocycles. The zero-order chi connectivity index (χ0) is 17.1. The number of ether oxygens (including phenoxy) is 1. The van der Waals surface area contributed by atoms with E-state index in [0.29, 0.717) is 31.6 Å². The van der Waals surface area contributed by atoms with Crippen molar-refractivity contribution in [2.75, 3.05) is 18.4 Å². The number of carbonyl (C=O) groups excluding carboxylic acids is 2. The van der Waals surface area contributed by atoms with E-state index in [0.717, 1.165) is 12.8 Å². The molecule has 2 amide bonds. The molecule has 1 aliphatic carbocycles. The van der Waals surface area contributed by atoms with Crippen LogP contribution >= 0.6 is 0 Å². The number of nitrogens with one attached hydrogen (secondary N) is 1. The van der Waals surface area contributed by atoms with Crippen LogP contribution < -0.4 is 10.1 Å². The molecule has 7 heteroatoms. The first-order chi connectivity index (χ1) is 11.5. The first-order valence-electron chi connectivity index (χ1n) is 8.17. The van der Waals surface area contributed by atoms with Crippen molar-refractivity contribution in [3.63, 3.8) is 0 Å². The van der Waals surface area contributed by atoms with Crippen LogP contribution in [0.4, 0.5) is 14.5 Å². The van der Waals surface area contributed by atoms with Crippen LogP contribution in [0.25, 0.3) is 0 Å². The Bertz CT molecular complexity index is 594. The molecule has 1 aromatic carbocycles. The summed E-state index contributed by atoms with van der Waals surface area (Å²) < 4.78 is 28.5. The summed E-state index contributed by atoms with van der Waals surface area (Å²) in [7, 11) is 0. The Morgan fingerprint density at radius 1 is 1.04 bits per heavy atom. The van der Waals surface area contributed by atoms with Gasteiger partial charge in [0.05, 0.1) is 0 Å². The second-order valence-corrected chi connectivity index (χ2v) is 6.27. The number of hydrogen-bond acceptors (Lipinski definition) is 3. The highest BCUT2D eigenvalue weighted by atomic mass is 19.3. The fraction of sp³-hybridized carbons (Fsp3) is 0.529. The molecular formula is C17H20F2N2O3. The van der Waals surface area contributed by atoms with Gasteiger partial charge in [-0.05, 0) is 49.9 Å². The van der Waals surface area contributed by atoms with Crippen LogP contribution in [0.15, 0.2) is 24.3 Å². The van der Waals surface area contributed by atoms with E-state index >= 15 is 0 Å². The van der Waals surface area contributed by atoms with E-state index in [9.17, 15) is 18.4 Å². The summed E-state index contributed by atoms with van der Waals surface area (Å²) in [6, 6.07) is 5.83. The van der Waals surface area contributed by atoms with E-state index < -0.39 is 6.61 Å². The monoisotopic (exact) mass is 338 g/mol. The zero-order valence-electron chi connectivity index (χ0n) is 13.2. The minimum Gasteiger partial charge on any atom is -0.435 e. The molecule has 24 heavy (non-hydrogen) atoms. The van der Waals surface area contributed by atoms with Gasteiger partial charge in [-0.1, -0.05) is 0 Å². The summed E-state index contributed by atoms with van der Waals surface area (Å²) in [5, 5.41) is 2.79. The van der Waals surface area contributed by atoms with E-state index in [1.165, 1.54) is 24.3 Å². The van der Waals surface area contributed by atoms with Crippen LogP contribution in [-0.2, 0) is 9.59 Å². The number of rotatable bonds is 5. The minimum absolute atomic E-state index is 0.0508. The van der Waals surface area contributed by atoms with Crippen molar-refractivity contribution in [3.8, 4) is 5.75 Å². The predicted octanol–water partition coefficient (Wildman–Crippen LogP) is 2.88. The van der Waals surface area contributed by atoms with Crippen molar-refractivity contribution >= 4 is 17.5 Å². The third-order valence-corrected chi connectivity index (χ3v) is 4.45. The fourth-order valence-electron chi connectivity index (χ4n) is 2.91. The third-order valence-electron chi connectivity index (χ3n) is 4.45. The van der Waals surface area contributed by atoms with Gasteiger partial charge in [-0.3, -0.25) is 9.59 Å². The van der Waals surface area contributed by atoms with Crippen LogP contribution in [0.3, 0.4) is 0 Å². The van der Waals surface area contributed by atoms with Gasteiger partial charge >= 0.3 is 6.61 Å². The van der Waals surface area contributed by atoms with Crippen LogP contribution in [0.5, 0.6) is 5.75 Å². The summed E-state index contributed by atoms with van der Waals surface area (Å²) in [5.74, 6) is 0.254. The number of nitrogens with zero attached hydrogens (tertiary/aromatic N) is 1. The molecule has 0 bridgehead atoms. The lowest BCUT2D eigenvalue weighted by molar-refractivity contribution is -0.135. The lowest BCUT2D eigenvalue weighted by Gasteiger charge is -2.31. The molecule has 2 fully saturated rings. The van der Waals surface area contributed by atoms with Crippen LogP contribution in [-0.4, -0.2) is 36.4 Å². The molecule has 130 valence electrons. The number of likely N-dealkylation sites (tertiary alicyclic amines) is 1. The van der Waals surface area contributed by atoms with E-state index in [1.54, 1.807) is 0 Å². The summed E-state index contributed by atoms with van der Waals surface area (Å²) in [5.41, 5.74) is 0.540. The number of amides is 2. The molecule has 2 aliphatic rings. The smallest absolute Gasteiger partial charge is 0.387 e. The Labute approximate surface area is 139 Å². The number of anilines is 1. The van der Waals surface area contributed by atoms with Gasteiger partial charge in [-0.25, -0.2) is 0 Å². The number of piperidine rings is 1. The Morgan fingerprint density at radius 3 is 2.21 bits per heavy atom. The maximum Gasteiger partial charge on any atom is 0.387 e. The van der Waals surface area contributed by atoms with E-state index in [1.807, 2.05) is 4.90 Å². The van der Waals surface area contributed by atoms with Crippen LogP contribution in [0, 0.1) is 11.8 Å². The lowest BCUT2D eigenvalue weighted by Crippen LogP contribution is -2.42. The zero-order valence-corrected chi connectivity index (χ0v) is 13.2. The van der Waals surface area contributed by atoms with Crippen molar-refractivity contribution in [1.29, 1.82) is 0 Å². The molecule has 1 heterocycles. The van der Waals surface area contributed by atoms with Crippen molar-refractivity contribution < 1.29 is 23.1 Å². The molecule has 0 spiro atoms. The molecule has 0 unspecified atom stereocenters. The average Bonchev–Trinajstić information content (AvgIpc) is 3.40. The maximum absolute atomic E-state index is 12.3. The average molecular weight is 338 g/mol. The molecule has 0 radical (unpaired) electrons. The molecule has 5 nitrogen and oxygen atoms in total. The van der Waals surface area contributed by atoms with E-state index in [2.05, 4.69) is 10.1 Å². The molecule has 1 saturated heterocycles. The predicted molar refractivity (Wildman–Crippen MR) is 83.7 cm³/mol. The third kappa shape index (κ3) is 4.21. The highest BCUT2D eigenvalue weighted by Gasteiger charge is 2.35. The van der Waals surface area contributed by atoms with Gasteiger partial charge in [-0.15, -0.1) is 0 Å². The molecule has 1 saturated carbocycles. The number of carbonyl (C=O) groups is 2. The highest BCUT2D eigenvalue weighted by molar-refractivity contribution is 5.92. The summed E-state index contributed by atoms with van der Waals surface area (Å²) in [4.78, 5) is 26.1. The summed E-state index contributed by atoms with van der Waals surface area (Å²) in [6.07, 6.45) is 3.28. The van der Waals surface area contributed by atoms with Gasteiger partial charge < -0.3 is 15.0 Å². The van der Waals surface area contributed by atoms with Gasteiger partial charge in [0, 0.05) is 30.6 Å². The first kappa shape index (κ1) is 16.7. The topological polar surface area (TPSA) is 58.6 Å². The van der Waals surface area contributed by atoms with E-state index in [-0.39, 0.29) is 29.4 Å². The number of benzene rings is 1. The fourth-order valence-corrected chi connectivity index (χ4v) is 2.91. The van der Waals surface area contributed by atoms with Gasteiger partial charge in [-0.2, -0.15) is 8.78 Å². The molecule has 0 atom stereocenters. The SMILES string of the molecule is O=C(Nc1ccc(OC(F)F)cc1)C1CCN(C(=O)C2CC2)CC1. The van der Waals surface area contributed by atoms with Gasteiger partial charge in [0.2, 0.25) is 11.8 Å². The second-order valence-electron chi connectivity index (χ2n) is 6.27. The Kier molecular flexibility index (Phi) is 4.97. The van der Waals surface area contributed by atoms with Gasteiger partial charge in [0.25, 0.3) is 0 Å². The molecule has 1 N–H and O–H groups in total. The Balaban J connectivity index is 1.47. The minimum atomic E-state index is -2.87. The van der Waals surface area contributed by atoms with Gasteiger partial charge in [0.15, 0.2) is 0 Å². The van der Waals surface area contributed by atoms with Crippen molar-refractivity contribution in [2.45, 2.75) is 32.3 Å².